The highest BCUT2D eigenvalue weighted by Gasteiger charge is 2.27. The molecule has 0 saturated heterocycles. The number of nitrogens with one attached hydrogen (secondary N) is 2. The molecular formula is C22H30N2O3. The average Bonchev–Trinajstić information content (AvgIpc) is 3.12. The lowest BCUT2D eigenvalue weighted by Gasteiger charge is -2.24. The van der Waals surface area contributed by atoms with Crippen LogP contribution >= 0.6 is 0 Å². The van der Waals surface area contributed by atoms with Gasteiger partial charge in [-0.05, 0) is 30.4 Å². The predicted molar refractivity (Wildman–Crippen MR) is 106 cm³/mol. The van der Waals surface area contributed by atoms with E-state index in [2.05, 4.69) is 34.9 Å². The lowest BCUT2D eigenvalue weighted by atomic mass is 9.96. The Balaban J connectivity index is 1.38. The molecule has 146 valence electrons. The van der Waals surface area contributed by atoms with Crippen molar-refractivity contribution in [3.8, 4) is 0 Å². The molecule has 3 N–H and O–H groups in total. The van der Waals surface area contributed by atoms with Crippen LogP contribution in [-0.2, 0) is 22.4 Å². The fraction of sp³-hybridized carbons (Fsp3) is 0.500. The number of allylic oxidation sites excluding steroid dienone is 2. The molecule has 0 aliphatic heterocycles. The van der Waals surface area contributed by atoms with Crippen molar-refractivity contribution in [3.05, 3.63) is 59.7 Å². The topological polar surface area (TPSA) is 70.6 Å². The van der Waals surface area contributed by atoms with Gasteiger partial charge in [-0.3, -0.25) is 4.79 Å². The van der Waals surface area contributed by atoms with Gasteiger partial charge in [-0.15, -0.1) is 0 Å². The van der Waals surface area contributed by atoms with Crippen LogP contribution in [0.2, 0.25) is 0 Å². The van der Waals surface area contributed by atoms with Gasteiger partial charge in [0.1, 0.15) is 0 Å². The Morgan fingerprint density at radius 2 is 1.89 bits per heavy atom. The Labute approximate surface area is 161 Å². The number of amides is 1. The van der Waals surface area contributed by atoms with Crippen LogP contribution < -0.4 is 10.6 Å². The molecule has 27 heavy (non-hydrogen) atoms. The first-order chi connectivity index (χ1) is 13.2. The van der Waals surface area contributed by atoms with Crippen molar-refractivity contribution in [2.24, 2.45) is 5.92 Å². The van der Waals surface area contributed by atoms with E-state index in [0.29, 0.717) is 19.2 Å². The van der Waals surface area contributed by atoms with Crippen LogP contribution in [0.4, 0.5) is 0 Å². The van der Waals surface area contributed by atoms with E-state index >= 15 is 0 Å². The molecule has 2 aliphatic carbocycles. The molecule has 0 aromatic heterocycles. The molecule has 0 bridgehead atoms. The van der Waals surface area contributed by atoms with Crippen LogP contribution in [0.15, 0.2) is 48.6 Å². The molecular weight excluding hydrogens is 340 g/mol. The Morgan fingerprint density at radius 1 is 1.19 bits per heavy atom. The fourth-order valence-electron chi connectivity index (χ4n) is 3.65. The third-order valence-corrected chi connectivity index (χ3v) is 5.11. The van der Waals surface area contributed by atoms with Gasteiger partial charge in [0, 0.05) is 25.7 Å². The Morgan fingerprint density at radius 3 is 2.59 bits per heavy atom. The molecule has 0 fully saturated rings. The summed E-state index contributed by atoms with van der Waals surface area (Å²) in [6.45, 7) is 3.38. The quantitative estimate of drug-likeness (QED) is 0.619. The smallest absolute Gasteiger partial charge is 0.230 e. The van der Waals surface area contributed by atoms with E-state index in [-0.39, 0.29) is 24.5 Å². The first-order valence-corrected chi connectivity index (χ1v) is 9.90. The van der Waals surface area contributed by atoms with Gasteiger partial charge in [-0.2, -0.15) is 0 Å². The molecule has 1 aromatic rings. The second-order valence-electron chi connectivity index (χ2n) is 7.31. The minimum atomic E-state index is -0.615. The number of aliphatic hydroxyl groups is 1. The van der Waals surface area contributed by atoms with Gasteiger partial charge < -0.3 is 20.5 Å². The molecule has 3 unspecified atom stereocenters. The standard InChI is InChI=1S/C22H30N2O3/c1-2-11-27-21-10-6-5-9-20(21)22(26)24-15-19(25)14-23-18-12-16-7-3-4-8-17(16)13-18/h3-10,18-21,23,25H,2,11-15H2,1H3,(H,24,26). The van der Waals surface area contributed by atoms with Gasteiger partial charge in [0.05, 0.1) is 18.1 Å². The Kier molecular flexibility index (Phi) is 7.21. The molecule has 3 atom stereocenters. The van der Waals surface area contributed by atoms with Crippen molar-refractivity contribution in [2.45, 2.75) is 44.4 Å². The number of hydrogen-bond donors (Lipinski definition) is 3. The number of hydrogen-bond acceptors (Lipinski definition) is 4. The van der Waals surface area contributed by atoms with Gasteiger partial charge in [0.25, 0.3) is 0 Å². The van der Waals surface area contributed by atoms with E-state index < -0.39 is 6.10 Å². The van der Waals surface area contributed by atoms with Crippen molar-refractivity contribution in [1.29, 1.82) is 0 Å². The maximum Gasteiger partial charge on any atom is 0.230 e. The van der Waals surface area contributed by atoms with E-state index in [9.17, 15) is 9.90 Å². The summed E-state index contributed by atoms with van der Waals surface area (Å²) >= 11 is 0. The first kappa shape index (κ1) is 19.8. The maximum atomic E-state index is 12.5. The zero-order valence-electron chi connectivity index (χ0n) is 15.9. The molecule has 0 heterocycles. The average molecular weight is 370 g/mol. The molecule has 5 heteroatoms. The number of carbonyl (C=O) groups excluding carboxylic acids is 1. The lowest BCUT2D eigenvalue weighted by Crippen LogP contribution is -2.45. The van der Waals surface area contributed by atoms with Crippen LogP contribution in [0, 0.1) is 5.92 Å². The molecule has 1 aromatic carbocycles. The zero-order valence-corrected chi connectivity index (χ0v) is 15.9. The molecule has 0 saturated carbocycles. The van der Waals surface area contributed by atoms with E-state index in [0.717, 1.165) is 19.3 Å². The molecule has 0 spiro atoms. The van der Waals surface area contributed by atoms with Gasteiger partial charge >= 0.3 is 0 Å². The highest BCUT2D eigenvalue weighted by atomic mass is 16.5. The monoisotopic (exact) mass is 370 g/mol. The van der Waals surface area contributed by atoms with Gasteiger partial charge in [0.15, 0.2) is 0 Å². The molecule has 2 aliphatic rings. The SMILES string of the molecule is CCCOC1C=CC=CC1C(=O)NCC(O)CNC1Cc2ccccc2C1. The molecule has 3 rings (SSSR count). The van der Waals surface area contributed by atoms with Crippen LogP contribution in [0.5, 0.6) is 0 Å². The van der Waals surface area contributed by atoms with E-state index in [4.69, 9.17) is 4.74 Å². The van der Waals surface area contributed by atoms with Gasteiger partial charge in [0.2, 0.25) is 5.91 Å². The number of benzene rings is 1. The van der Waals surface area contributed by atoms with Crippen LogP contribution in [0.25, 0.3) is 0 Å². The molecule has 1 amide bonds. The summed E-state index contributed by atoms with van der Waals surface area (Å²) in [5.74, 6) is -0.449. The summed E-state index contributed by atoms with van der Waals surface area (Å²) in [6.07, 6.45) is 9.59. The first-order valence-electron chi connectivity index (χ1n) is 9.90. The Bertz CT molecular complexity index is 661. The van der Waals surface area contributed by atoms with Crippen molar-refractivity contribution < 1.29 is 14.6 Å². The van der Waals surface area contributed by atoms with Crippen molar-refractivity contribution in [3.63, 3.8) is 0 Å². The summed E-state index contributed by atoms with van der Waals surface area (Å²) in [7, 11) is 0. The van der Waals surface area contributed by atoms with Crippen LogP contribution in [-0.4, -0.2) is 49.0 Å². The van der Waals surface area contributed by atoms with Gasteiger partial charge in [-0.25, -0.2) is 0 Å². The lowest BCUT2D eigenvalue weighted by molar-refractivity contribution is -0.127. The summed E-state index contributed by atoms with van der Waals surface area (Å²) in [4.78, 5) is 12.5. The largest absolute Gasteiger partial charge is 0.390 e. The maximum absolute atomic E-state index is 12.5. The van der Waals surface area contributed by atoms with Crippen molar-refractivity contribution in [2.75, 3.05) is 19.7 Å². The molecule has 0 radical (unpaired) electrons. The second kappa shape index (κ2) is 9.83. The van der Waals surface area contributed by atoms with Gasteiger partial charge in [-0.1, -0.05) is 55.5 Å². The number of carbonyl (C=O) groups is 1. The highest BCUT2D eigenvalue weighted by molar-refractivity contribution is 5.81. The highest BCUT2D eigenvalue weighted by Crippen LogP contribution is 2.21. The number of aliphatic hydroxyl groups excluding tert-OH is 1. The fourth-order valence-corrected chi connectivity index (χ4v) is 3.65. The minimum Gasteiger partial charge on any atom is -0.390 e. The zero-order chi connectivity index (χ0) is 19.1. The third-order valence-electron chi connectivity index (χ3n) is 5.11. The summed E-state index contributed by atoms with van der Waals surface area (Å²) in [5, 5.41) is 16.5. The summed E-state index contributed by atoms with van der Waals surface area (Å²) in [6, 6.07) is 8.81. The van der Waals surface area contributed by atoms with Crippen molar-refractivity contribution in [1.82, 2.24) is 10.6 Å². The minimum absolute atomic E-state index is 0.107. The van der Waals surface area contributed by atoms with E-state index in [1.165, 1.54) is 11.1 Å². The van der Waals surface area contributed by atoms with Crippen LogP contribution in [0.1, 0.15) is 24.5 Å². The number of fused-ring (bicyclic) bond motifs is 1. The third kappa shape index (κ3) is 5.51. The van der Waals surface area contributed by atoms with E-state index in [1.807, 2.05) is 31.2 Å². The van der Waals surface area contributed by atoms with Crippen molar-refractivity contribution >= 4 is 5.91 Å². The predicted octanol–water partition coefficient (Wildman–Crippen LogP) is 1.76. The van der Waals surface area contributed by atoms with E-state index in [1.54, 1.807) is 0 Å². The summed E-state index contributed by atoms with van der Waals surface area (Å²) < 4.78 is 5.74. The number of rotatable bonds is 9. The normalized spacial score (nSPS) is 22.6. The molecule has 5 nitrogen and oxygen atoms in total. The van der Waals surface area contributed by atoms with Crippen LogP contribution in [0.3, 0.4) is 0 Å². The second-order valence-corrected chi connectivity index (χ2v) is 7.31. The summed E-state index contributed by atoms with van der Waals surface area (Å²) in [5.41, 5.74) is 2.76. The number of ether oxygens (including phenoxy) is 1. The Hall–Kier alpha value is -1.95.